The Morgan fingerprint density at radius 3 is 2.54 bits per heavy atom. The Bertz CT molecular complexity index is 1060. The van der Waals surface area contributed by atoms with Gasteiger partial charge in [0.05, 0.1) is 10.8 Å². The van der Waals surface area contributed by atoms with Crippen LogP contribution in [0.5, 0.6) is 0 Å². The molecule has 0 aromatic carbocycles. The van der Waals surface area contributed by atoms with Gasteiger partial charge in [0.2, 0.25) is 0 Å². The van der Waals surface area contributed by atoms with Gasteiger partial charge in [0.25, 0.3) is 0 Å². The average Bonchev–Trinajstić information content (AvgIpc) is 3.08. The molecule has 0 fully saturated rings. The highest BCUT2D eigenvalue weighted by atomic mass is 32.2. The predicted octanol–water partition coefficient (Wildman–Crippen LogP) is 4.35. The van der Waals surface area contributed by atoms with Crippen LogP contribution in [-0.2, 0) is 11.6 Å². The summed E-state index contributed by atoms with van der Waals surface area (Å²) in [6.07, 6.45) is 1.25. The highest BCUT2D eigenvalue weighted by molar-refractivity contribution is 8.14. The first kappa shape index (κ1) is 19.0. The van der Waals surface area contributed by atoms with E-state index in [4.69, 9.17) is 5.73 Å². The molecule has 4 rings (SSSR count). The van der Waals surface area contributed by atoms with Crippen molar-refractivity contribution >= 4 is 33.8 Å². The lowest BCUT2D eigenvalue weighted by Crippen LogP contribution is -2.31. The number of hydrogen-bond donors (Lipinski definition) is 1. The average molecular weight is 407 g/mol. The zero-order valence-corrected chi connectivity index (χ0v) is 16.7. The molecule has 0 saturated carbocycles. The van der Waals surface area contributed by atoms with Gasteiger partial charge >= 0.3 is 6.18 Å². The van der Waals surface area contributed by atoms with Crippen molar-refractivity contribution in [1.82, 2.24) is 14.5 Å². The van der Waals surface area contributed by atoms with E-state index in [1.54, 1.807) is 4.57 Å². The third-order valence-electron chi connectivity index (χ3n) is 4.81. The lowest BCUT2D eigenvalue weighted by atomic mass is 9.91. The second-order valence-corrected chi connectivity index (χ2v) is 9.36. The molecular formula is C19H20F3N5S. The molecule has 5 nitrogen and oxygen atoms in total. The zero-order valence-electron chi connectivity index (χ0n) is 15.9. The summed E-state index contributed by atoms with van der Waals surface area (Å²) >= 11 is 1.44. The van der Waals surface area contributed by atoms with Crippen molar-refractivity contribution in [2.45, 2.75) is 50.1 Å². The lowest BCUT2D eigenvalue weighted by molar-refractivity contribution is -0.141. The van der Waals surface area contributed by atoms with Crippen molar-refractivity contribution in [3.63, 3.8) is 0 Å². The molecule has 0 saturated heterocycles. The van der Waals surface area contributed by atoms with Crippen LogP contribution >= 0.6 is 11.8 Å². The summed E-state index contributed by atoms with van der Waals surface area (Å²) in [5.41, 5.74) is 5.44. The molecule has 0 spiro atoms. The number of thioether (sulfide) groups is 1. The Morgan fingerprint density at radius 1 is 1.18 bits per heavy atom. The molecule has 2 aromatic heterocycles. The molecule has 2 N–H and O–H groups in total. The molecule has 9 heteroatoms. The summed E-state index contributed by atoms with van der Waals surface area (Å²) < 4.78 is 41.5. The lowest BCUT2D eigenvalue weighted by Gasteiger charge is -2.28. The minimum atomic E-state index is -4.52. The van der Waals surface area contributed by atoms with Crippen molar-refractivity contribution in [3.05, 3.63) is 41.9 Å². The maximum absolute atomic E-state index is 13.2. The number of aliphatic imine (C=N–C) groups is 1. The Kier molecular flexibility index (Phi) is 3.98. The molecule has 3 heterocycles. The van der Waals surface area contributed by atoms with E-state index in [0.29, 0.717) is 16.5 Å². The van der Waals surface area contributed by atoms with Gasteiger partial charge in [-0.05, 0) is 31.2 Å². The first-order chi connectivity index (χ1) is 12.9. The first-order valence-corrected chi connectivity index (χ1v) is 9.67. The van der Waals surface area contributed by atoms with Gasteiger partial charge < -0.3 is 5.73 Å². The SMILES string of the molecule is CC(C)(C)c1nc2ccc(C(F)(F)F)nc2n1C1=CC2SC(N)=NC2(C)C=C1. The monoisotopic (exact) mass is 407 g/mol. The number of imidazole rings is 1. The number of alkyl halides is 3. The van der Waals surface area contributed by atoms with Gasteiger partial charge in [-0.1, -0.05) is 38.6 Å². The molecule has 1 aliphatic carbocycles. The molecule has 2 aliphatic rings. The van der Waals surface area contributed by atoms with E-state index in [-0.39, 0.29) is 10.9 Å². The highest BCUT2D eigenvalue weighted by Crippen LogP contribution is 2.42. The molecule has 1 aliphatic heterocycles. The van der Waals surface area contributed by atoms with Crippen LogP contribution in [0.25, 0.3) is 16.9 Å². The van der Waals surface area contributed by atoms with Crippen molar-refractivity contribution in [2.24, 2.45) is 10.7 Å². The van der Waals surface area contributed by atoms with E-state index in [0.717, 1.165) is 11.8 Å². The highest BCUT2D eigenvalue weighted by Gasteiger charge is 2.40. The quantitative estimate of drug-likeness (QED) is 0.763. The van der Waals surface area contributed by atoms with Crippen molar-refractivity contribution < 1.29 is 13.2 Å². The maximum atomic E-state index is 13.2. The van der Waals surface area contributed by atoms with Crippen LogP contribution in [-0.4, -0.2) is 30.5 Å². The molecule has 2 atom stereocenters. The standard InChI is InChI=1S/C19H20F3N5S/c1-17(2,3)15-24-11-5-6-12(19(20,21)22)25-14(11)27(15)10-7-8-18(4)13(9-10)28-16(23)26-18/h5-9,13H,1-4H3,(H2,23,26). The van der Waals surface area contributed by atoms with Gasteiger partial charge in [0.15, 0.2) is 10.8 Å². The third-order valence-corrected chi connectivity index (χ3v) is 6.01. The number of fused-ring (bicyclic) bond motifs is 2. The molecule has 2 unspecified atom stereocenters. The molecular weight excluding hydrogens is 387 g/mol. The Labute approximate surface area is 164 Å². The number of amidine groups is 1. The Hall–Kier alpha value is -2.29. The van der Waals surface area contributed by atoms with E-state index in [9.17, 15) is 13.2 Å². The number of nitrogens with zero attached hydrogens (tertiary/aromatic N) is 4. The molecule has 28 heavy (non-hydrogen) atoms. The van der Waals surface area contributed by atoms with Crippen LogP contribution in [0.4, 0.5) is 13.2 Å². The maximum Gasteiger partial charge on any atom is 0.433 e. The van der Waals surface area contributed by atoms with Gasteiger partial charge in [0.1, 0.15) is 17.0 Å². The van der Waals surface area contributed by atoms with Crippen molar-refractivity contribution in [3.8, 4) is 0 Å². The van der Waals surface area contributed by atoms with Crippen molar-refractivity contribution in [2.75, 3.05) is 0 Å². The van der Waals surface area contributed by atoms with Crippen molar-refractivity contribution in [1.29, 1.82) is 0 Å². The number of pyridine rings is 1. The number of rotatable bonds is 1. The number of aromatic nitrogens is 3. The Balaban J connectivity index is 1.94. The second-order valence-electron chi connectivity index (χ2n) is 8.20. The summed E-state index contributed by atoms with van der Waals surface area (Å²) in [6, 6.07) is 2.34. The van der Waals surface area contributed by atoms with E-state index in [1.165, 1.54) is 17.8 Å². The second kappa shape index (κ2) is 5.85. The topological polar surface area (TPSA) is 69.1 Å². The minimum Gasteiger partial charge on any atom is -0.378 e. The molecule has 148 valence electrons. The Morgan fingerprint density at radius 2 is 1.89 bits per heavy atom. The molecule has 0 bridgehead atoms. The van der Waals surface area contributed by atoms with Crippen LogP contribution in [0.15, 0.2) is 35.4 Å². The van der Waals surface area contributed by atoms with Gasteiger partial charge in [-0.15, -0.1) is 0 Å². The van der Waals surface area contributed by atoms with Crippen LogP contribution in [0.3, 0.4) is 0 Å². The van der Waals surface area contributed by atoms with Crippen LogP contribution < -0.4 is 5.73 Å². The normalized spacial score (nSPS) is 25.0. The number of nitrogens with two attached hydrogens (primary N) is 1. The summed E-state index contributed by atoms with van der Waals surface area (Å²) in [5, 5.41) is 0.460. The summed E-state index contributed by atoms with van der Waals surface area (Å²) in [7, 11) is 0. The number of halogens is 3. The predicted molar refractivity (Wildman–Crippen MR) is 106 cm³/mol. The minimum absolute atomic E-state index is 0.0384. The molecule has 0 amide bonds. The zero-order chi connectivity index (χ0) is 20.5. The van der Waals surface area contributed by atoms with Crippen LogP contribution in [0.1, 0.15) is 39.2 Å². The van der Waals surface area contributed by atoms with Crippen LogP contribution in [0.2, 0.25) is 0 Å². The number of hydrogen-bond acceptors (Lipinski definition) is 5. The van der Waals surface area contributed by atoms with Crippen LogP contribution in [0, 0.1) is 0 Å². The third kappa shape index (κ3) is 3.01. The fourth-order valence-electron chi connectivity index (χ4n) is 3.39. The summed E-state index contributed by atoms with van der Waals surface area (Å²) in [6.45, 7) is 7.89. The number of allylic oxidation sites excluding steroid dienone is 2. The molecule has 2 aromatic rings. The van der Waals surface area contributed by atoms with E-state index in [2.05, 4.69) is 15.0 Å². The smallest absolute Gasteiger partial charge is 0.378 e. The van der Waals surface area contributed by atoms with E-state index >= 15 is 0 Å². The van der Waals surface area contributed by atoms with Gasteiger partial charge in [-0.25, -0.2) is 9.97 Å². The fourth-order valence-corrected chi connectivity index (χ4v) is 4.48. The van der Waals surface area contributed by atoms with E-state index < -0.39 is 22.8 Å². The molecule has 0 radical (unpaired) electrons. The first-order valence-electron chi connectivity index (χ1n) is 8.79. The summed E-state index contributed by atoms with van der Waals surface area (Å²) in [4.78, 5) is 13.0. The van der Waals surface area contributed by atoms with Gasteiger partial charge in [-0.2, -0.15) is 13.2 Å². The van der Waals surface area contributed by atoms with Gasteiger partial charge in [-0.3, -0.25) is 9.56 Å². The van der Waals surface area contributed by atoms with Gasteiger partial charge in [0, 0.05) is 11.1 Å². The fraction of sp³-hybridized carbons (Fsp3) is 0.421. The largest absolute Gasteiger partial charge is 0.433 e. The summed E-state index contributed by atoms with van der Waals surface area (Å²) in [5.74, 6) is 0.644. The van der Waals surface area contributed by atoms with E-state index in [1.807, 2.05) is 45.9 Å².